The highest BCUT2D eigenvalue weighted by atomic mass is 16.5. The van der Waals surface area contributed by atoms with Crippen LogP contribution in [0.4, 0.5) is 0 Å². The second kappa shape index (κ2) is 5.71. The molecule has 20 heavy (non-hydrogen) atoms. The van der Waals surface area contributed by atoms with Gasteiger partial charge in [0.1, 0.15) is 17.0 Å². The summed E-state index contributed by atoms with van der Waals surface area (Å²) in [6, 6.07) is 5.28. The van der Waals surface area contributed by atoms with Crippen molar-refractivity contribution in [2.45, 2.75) is 25.3 Å². The zero-order valence-corrected chi connectivity index (χ0v) is 12.2. The molecule has 0 radical (unpaired) electrons. The number of carboxylic acids is 1. The summed E-state index contributed by atoms with van der Waals surface area (Å²) in [5.74, 6) is 0.337. The van der Waals surface area contributed by atoms with Crippen molar-refractivity contribution in [2.75, 3.05) is 27.3 Å². The quantitative estimate of drug-likeness (QED) is 0.894. The molecule has 1 aliphatic heterocycles. The Morgan fingerprint density at radius 2 is 1.90 bits per heavy atom. The summed E-state index contributed by atoms with van der Waals surface area (Å²) in [5.41, 5.74) is -0.413. The van der Waals surface area contributed by atoms with E-state index in [9.17, 15) is 9.90 Å². The highest BCUT2D eigenvalue weighted by Gasteiger charge is 2.44. The normalized spacial score (nSPS) is 18.6. The number of hydrogen-bond acceptors (Lipinski definition) is 4. The highest BCUT2D eigenvalue weighted by Crippen LogP contribution is 2.39. The lowest BCUT2D eigenvalue weighted by Gasteiger charge is -2.36. The van der Waals surface area contributed by atoms with E-state index >= 15 is 0 Å². The van der Waals surface area contributed by atoms with Gasteiger partial charge >= 0.3 is 5.97 Å². The number of carboxylic acid groups (broad SMARTS) is 1. The van der Waals surface area contributed by atoms with Crippen LogP contribution in [0.15, 0.2) is 18.2 Å². The van der Waals surface area contributed by atoms with Gasteiger partial charge in [-0.15, -0.1) is 0 Å². The van der Waals surface area contributed by atoms with Gasteiger partial charge in [-0.25, -0.2) is 4.79 Å². The average molecular weight is 279 g/mol. The van der Waals surface area contributed by atoms with Crippen LogP contribution in [0.5, 0.6) is 11.5 Å². The van der Waals surface area contributed by atoms with Gasteiger partial charge in [-0.3, -0.25) is 4.90 Å². The fourth-order valence-corrected chi connectivity index (χ4v) is 2.79. The number of nitrogens with zero attached hydrogens (tertiary/aromatic N) is 1. The molecule has 0 amide bonds. The largest absolute Gasteiger partial charge is 0.497 e. The number of methoxy groups -OCH3 is 2. The fourth-order valence-electron chi connectivity index (χ4n) is 2.79. The average Bonchev–Trinajstić information content (AvgIpc) is 3.00. The van der Waals surface area contributed by atoms with E-state index in [1.807, 2.05) is 4.90 Å². The molecule has 1 saturated heterocycles. The maximum absolute atomic E-state index is 11.9. The molecule has 0 saturated carbocycles. The van der Waals surface area contributed by atoms with Crippen molar-refractivity contribution in [3.8, 4) is 11.5 Å². The van der Waals surface area contributed by atoms with Gasteiger partial charge in [0.15, 0.2) is 0 Å². The Balaban J connectivity index is 2.51. The number of ether oxygens (including phenoxy) is 2. The van der Waals surface area contributed by atoms with E-state index in [1.165, 1.54) is 0 Å². The Hall–Kier alpha value is -1.75. The van der Waals surface area contributed by atoms with E-state index in [0.29, 0.717) is 17.1 Å². The molecule has 1 fully saturated rings. The number of aliphatic carboxylic acids is 1. The standard InChI is InChI=1S/C15H21NO4/c1-15(14(17)18,16-8-4-5-9-16)12-7-6-11(19-2)10-13(12)20-3/h6-7,10H,4-5,8-9H2,1-3H3,(H,17,18). The molecule has 2 rings (SSSR count). The van der Waals surface area contributed by atoms with Crippen LogP contribution in [0.1, 0.15) is 25.3 Å². The van der Waals surface area contributed by atoms with E-state index < -0.39 is 11.5 Å². The van der Waals surface area contributed by atoms with Crippen LogP contribution >= 0.6 is 0 Å². The zero-order valence-electron chi connectivity index (χ0n) is 12.2. The lowest BCUT2D eigenvalue weighted by molar-refractivity contribution is -0.150. The molecule has 1 aromatic rings. The van der Waals surface area contributed by atoms with Gasteiger partial charge in [0.2, 0.25) is 0 Å². The molecule has 0 bridgehead atoms. The SMILES string of the molecule is COc1ccc(C(C)(C(=O)O)N2CCCC2)c(OC)c1. The molecule has 0 aromatic heterocycles. The predicted molar refractivity (Wildman–Crippen MR) is 75.3 cm³/mol. The second-order valence-corrected chi connectivity index (χ2v) is 5.14. The third-order valence-corrected chi connectivity index (χ3v) is 4.09. The topological polar surface area (TPSA) is 59.0 Å². The molecule has 1 heterocycles. The van der Waals surface area contributed by atoms with E-state index in [2.05, 4.69) is 0 Å². The van der Waals surface area contributed by atoms with E-state index in [-0.39, 0.29) is 0 Å². The van der Waals surface area contributed by atoms with E-state index in [0.717, 1.165) is 25.9 Å². The van der Waals surface area contributed by atoms with Crippen molar-refractivity contribution < 1.29 is 19.4 Å². The van der Waals surface area contributed by atoms with Gasteiger partial charge in [0.05, 0.1) is 14.2 Å². The lowest BCUT2D eigenvalue weighted by atomic mass is 9.89. The molecule has 1 atom stereocenters. The molecule has 1 unspecified atom stereocenters. The molecule has 1 aliphatic rings. The van der Waals surface area contributed by atoms with Crippen LogP contribution in [-0.2, 0) is 10.3 Å². The van der Waals surface area contributed by atoms with Crippen LogP contribution in [0.2, 0.25) is 0 Å². The van der Waals surface area contributed by atoms with Crippen molar-refractivity contribution in [3.63, 3.8) is 0 Å². The summed E-state index contributed by atoms with van der Waals surface area (Å²) in [6.07, 6.45) is 2.06. The molecule has 0 spiro atoms. The van der Waals surface area contributed by atoms with Crippen molar-refractivity contribution >= 4 is 5.97 Å². The lowest BCUT2D eigenvalue weighted by Crippen LogP contribution is -2.48. The van der Waals surface area contributed by atoms with Crippen molar-refractivity contribution in [2.24, 2.45) is 0 Å². The molecule has 1 N–H and O–H groups in total. The molecule has 5 nitrogen and oxygen atoms in total. The first-order chi connectivity index (χ1) is 9.53. The van der Waals surface area contributed by atoms with Crippen molar-refractivity contribution in [1.82, 2.24) is 4.90 Å². The third-order valence-electron chi connectivity index (χ3n) is 4.09. The molecule has 5 heteroatoms. The number of carbonyl (C=O) groups is 1. The zero-order chi connectivity index (χ0) is 14.8. The first kappa shape index (κ1) is 14.7. The molecular formula is C15H21NO4. The van der Waals surface area contributed by atoms with Gasteiger partial charge in [0, 0.05) is 11.6 Å². The fraction of sp³-hybridized carbons (Fsp3) is 0.533. The highest BCUT2D eigenvalue weighted by molar-refractivity contribution is 5.81. The van der Waals surface area contributed by atoms with Gasteiger partial charge in [-0.05, 0) is 45.0 Å². The molecule has 1 aromatic carbocycles. The first-order valence-electron chi connectivity index (χ1n) is 6.75. The van der Waals surface area contributed by atoms with Gasteiger partial charge < -0.3 is 14.6 Å². The maximum atomic E-state index is 11.9. The van der Waals surface area contributed by atoms with E-state index in [4.69, 9.17) is 9.47 Å². The minimum atomic E-state index is -1.08. The number of rotatable bonds is 5. The Kier molecular flexibility index (Phi) is 4.18. The summed E-state index contributed by atoms with van der Waals surface area (Å²) in [4.78, 5) is 13.9. The Labute approximate surface area is 119 Å². The third kappa shape index (κ3) is 2.33. The summed E-state index contributed by atoms with van der Waals surface area (Å²) in [5, 5.41) is 9.76. The van der Waals surface area contributed by atoms with Crippen molar-refractivity contribution in [3.05, 3.63) is 23.8 Å². The van der Waals surface area contributed by atoms with Gasteiger partial charge in [-0.2, -0.15) is 0 Å². The number of benzene rings is 1. The summed E-state index contributed by atoms with van der Waals surface area (Å²) in [7, 11) is 3.12. The Morgan fingerprint density at radius 3 is 2.40 bits per heavy atom. The molecule has 110 valence electrons. The van der Waals surface area contributed by atoms with Crippen LogP contribution in [-0.4, -0.2) is 43.3 Å². The Morgan fingerprint density at radius 1 is 1.25 bits per heavy atom. The summed E-state index contributed by atoms with van der Waals surface area (Å²) >= 11 is 0. The van der Waals surface area contributed by atoms with Gasteiger partial charge in [0.25, 0.3) is 0 Å². The maximum Gasteiger partial charge on any atom is 0.328 e. The molecule has 0 aliphatic carbocycles. The monoisotopic (exact) mass is 279 g/mol. The second-order valence-electron chi connectivity index (χ2n) is 5.14. The summed E-state index contributed by atoms with van der Waals surface area (Å²) in [6.45, 7) is 3.32. The van der Waals surface area contributed by atoms with Crippen LogP contribution in [0.25, 0.3) is 0 Å². The number of likely N-dealkylation sites (tertiary alicyclic amines) is 1. The minimum Gasteiger partial charge on any atom is -0.497 e. The first-order valence-corrected chi connectivity index (χ1v) is 6.75. The Bertz CT molecular complexity index is 497. The van der Waals surface area contributed by atoms with Gasteiger partial charge in [-0.1, -0.05) is 0 Å². The number of hydrogen-bond donors (Lipinski definition) is 1. The summed E-state index contributed by atoms with van der Waals surface area (Å²) < 4.78 is 10.5. The van der Waals surface area contributed by atoms with Crippen molar-refractivity contribution in [1.29, 1.82) is 0 Å². The predicted octanol–water partition coefficient (Wildman–Crippen LogP) is 2.10. The molecular weight excluding hydrogens is 258 g/mol. The van der Waals surface area contributed by atoms with Crippen LogP contribution in [0, 0.1) is 0 Å². The minimum absolute atomic E-state index is 0.543. The smallest absolute Gasteiger partial charge is 0.328 e. The van der Waals surface area contributed by atoms with E-state index in [1.54, 1.807) is 39.3 Å². The van der Waals surface area contributed by atoms with Crippen LogP contribution < -0.4 is 9.47 Å². The van der Waals surface area contributed by atoms with Crippen LogP contribution in [0.3, 0.4) is 0 Å².